The number of hydrogen-bond donors (Lipinski definition) is 0. The summed E-state index contributed by atoms with van der Waals surface area (Å²) in [7, 11) is -1.54. The molecule has 124 valence electrons. The van der Waals surface area contributed by atoms with Crippen molar-refractivity contribution in [2.45, 2.75) is 27.3 Å². The highest BCUT2D eigenvalue weighted by atomic mass is 31.2. The van der Waals surface area contributed by atoms with Crippen molar-refractivity contribution in [2.24, 2.45) is 0 Å². The van der Waals surface area contributed by atoms with E-state index >= 15 is 0 Å². The number of halogens is 1. The Morgan fingerprint density at radius 2 is 1.96 bits per heavy atom. The van der Waals surface area contributed by atoms with Crippen LogP contribution < -0.4 is 5.30 Å². The van der Waals surface area contributed by atoms with Crippen molar-refractivity contribution in [1.82, 2.24) is 4.57 Å². The third-order valence-electron chi connectivity index (χ3n) is 3.29. The zero-order valence-corrected chi connectivity index (χ0v) is 14.2. The van der Waals surface area contributed by atoms with Crippen LogP contribution in [0.25, 0.3) is 10.9 Å². The lowest BCUT2D eigenvalue weighted by Gasteiger charge is -2.17. The molecule has 23 heavy (non-hydrogen) atoms. The monoisotopic (exact) mass is 339 g/mol. The summed E-state index contributed by atoms with van der Waals surface area (Å²) in [6, 6.07) is 2.92. The summed E-state index contributed by atoms with van der Waals surface area (Å²) in [5, 5.41) is 0.806. The first-order valence-corrected chi connectivity index (χ1v) is 8.54. The van der Waals surface area contributed by atoms with Gasteiger partial charge in [-0.1, -0.05) is 0 Å². The summed E-state index contributed by atoms with van der Waals surface area (Å²) < 4.78 is 27.2. The maximum Gasteiger partial charge on any atom is 0.208 e. The van der Waals surface area contributed by atoms with Gasteiger partial charge in [-0.3, -0.25) is 4.79 Å². The summed E-state index contributed by atoms with van der Waals surface area (Å²) in [5.41, 5.74) is 1.01. The quantitative estimate of drug-likeness (QED) is 0.421. The highest BCUT2D eigenvalue weighted by molar-refractivity contribution is 7.56. The van der Waals surface area contributed by atoms with Crippen LogP contribution in [-0.2, 0) is 20.4 Å². The van der Waals surface area contributed by atoms with Gasteiger partial charge in [0.05, 0.1) is 30.6 Å². The van der Waals surface area contributed by atoms with E-state index in [1.165, 1.54) is 13.0 Å². The van der Waals surface area contributed by atoms with E-state index in [-0.39, 0.29) is 12.3 Å². The minimum absolute atomic E-state index is 0.0933. The Morgan fingerprint density at radius 3 is 2.48 bits per heavy atom. The van der Waals surface area contributed by atoms with Crippen molar-refractivity contribution in [3.05, 3.63) is 29.7 Å². The molecule has 1 aromatic heterocycles. The van der Waals surface area contributed by atoms with Crippen molar-refractivity contribution < 1.29 is 23.0 Å². The molecular formula is C16H19FNO4P. The van der Waals surface area contributed by atoms with Crippen molar-refractivity contribution in [3.8, 4) is 0 Å². The van der Waals surface area contributed by atoms with Crippen molar-refractivity contribution in [2.75, 3.05) is 13.2 Å². The van der Waals surface area contributed by atoms with E-state index in [2.05, 4.69) is 0 Å². The van der Waals surface area contributed by atoms with Crippen molar-refractivity contribution in [3.63, 3.8) is 0 Å². The first-order chi connectivity index (χ1) is 11.0. The predicted molar refractivity (Wildman–Crippen MR) is 87.8 cm³/mol. The van der Waals surface area contributed by atoms with E-state index in [4.69, 9.17) is 9.05 Å². The molecule has 0 saturated heterocycles. The van der Waals surface area contributed by atoms with Gasteiger partial charge in [0.1, 0.15) is 12.1 Å². The second-order valence-electron chi connectivity index (χ2n) is 4.83. The van der Waals surface area contributed by atoms with Crippen LogP contribution in [0.1, 0.15) is 31.1 Å². The first kappa shape index (κ1) is 17.7. The maximum absolute atomic E-state index is 14.5. The average molecular weight is 339 g/mol. The molecule has 0 amide bonds. The van der Waals surface area contributed by atoms with Crippen LogP contribution in [0.4, 0.5) is 4.39 Å². The molecule has 1 heterocycles. The molecule has 0 spiro atoms. The number of fused-ring (bicyclic) bond motifs is 1. The lowest BCUT2D eigenvalue weighted by molar-refractivity contribution is -0.108. The van der Waals surface area contributed by atoms with Crippen LogP contribution in [0.15, 0.2) is 18.3 Å². The fourth-order valence-electron chi connectivity index (χ4n) is 2.36. The van der Waals surface area contributed by atoms with E-state index in [0.29, 0.717) is 35.0 Å². The minimum atomic E-state index is -1.54. The Morgan fingerprint density at radius 1 is 1.30 bits per heavy atom. The number of rotatable bonds is 8. The first-order valence-electron chi connectivity index (χ1n) is 7.36. The van der Waals surface area contributed by atoms with Gasteiger partial charge in [0.15, 0.2) is 5.78 Å². The lowest BCUT2D eigenvalue weighted by Crippen LogP contribution is -2.12. The molecule has 2 aromatic rings. The lowest BCUT2D eigenvalue weighted by atomic mass is 10.1. The second kappa shape index (κ2) is 7.77. The predicted octanol–water partition coefficient (Wildman–Crippen LogP) is 3.19. The van der Waals surface area contributed by atoms with Gasteiger partial charge in [-0.05, 0) is 32.9 Å². The summed E-state index contributed by atoms with van der Waals surface area (Å²) in [6.45, 7) is 5.94. The second-order valence-corrected chi connectivity index (χ2v) is 6.34. The van der Waals surface area contributed by atoms with Gasteiger partial charge >= 0.3 is 0 Å². The fraction of sp³-hybridized carbons (Fsp3) is 0.375. The van der Waals surface area contributed by atoms with E-state index in [1.54, 1.807) is 16.8 Å². The molecular weight excluding hydrogens is 320 g/mol. The zero-order chi connectivity index (χ0) is 17.0. The average Bonchev–Trinajstić information content (AvgIpc) is 2.85. The molecule has 0 aliphatic carbocycles. The Balaban J connectivity index is 2.64. The van der Waals surface area contributed by atoms with Gasteiger partial charge in [-0.25, -0.2) is 4.39 Å². The molecule has 0 radical (unpaired) electrons. The molecule has 1 aromatic carbocycles. The van der Waals surface area contributed by atoms with Crippen LogP contribution in [0.2, 0.25) is 0 Å². The molecule has 0 saturated carbocycles. The van der Waals surface area contributed by atoms with Crippen LogP contribution in [0.5, 0.6) is 0 Å². The normalized spacial score (nSPS) is 11.3. The molecule has 0 fully saturated rings. The van der Waals surface area contributed by atoms with E-state index in [1.807, 2.05) is 13.8 Å². The van der Waals surface area contributed by atoms with E-state index in [0.717, 1.165) is 6.29 Å². The molecule has 0 aliphatic heterocycles. The largest absolute Gasteiger partial charge is 0.340 e. The number of benzene rings is 1. The molecule has 0 unspecified atom stereocenters. The molecule has 7 heteroatoms. The maximum atomic E-state index is 14.5. The van der Waals surface area contributed by atoms with Crippen LogP contribution >= 0.6 is 8.38 Å². The third kappa shape index (κ3) is 3.66. The molecule has 0 bridgehead atoms. The van der Waals surface area contributed by atoms with E-state index in [9.17, 15) is 14.0 Å². The Labute approximate surface area is 135 Å². The number of Topliss-reactive ketones (excluding diaryl/α,β-unsaturated/α-hetero) is 1. The molecule has 2 rings (SSSR count). The smallest absolute Gasteiger partial charge is 0.208 e. The Bertz CT molecular complexity index is 722. The van der Waals surface area contributed by atoms with Crippen LogP contribution in [-0.4, -0.2) is 29.9 Å². The number of nitrogens with zero attached hydrogens (tertiary/aromatic N) is 1. The van der Waals surface area contributed by atoms with Gasteiger partial charge in [0.2, 0.25) is 8.38 Å². The molecule has 0 N–H and O–H groups in total. The van der Waals surface area contributed by atoms with Gasteiger partial charge in [0, 0.05) is 17.1 Å². The number of ketones is 1. The highest BCUT2D eigenvalue weighted by Gasteiger charge is 2.22. The van der Waals surface area contributed by atoms with Crippen LogP contribution in [0.3, 0.4) is 0 Å². The number of aldehydes is 1. The number of aromatic nitrogens is 1. The van der Waals surface area contributed by atoms with Crippen LogP contribution in [0, 0.1) is 5.82 Å². The Kier molecular flexibility index (Phi) is 5.99. The Hall–Kier alpha value is -1.62. The van der Waals surface area contributed by atoms with Gasteiger partial charge < -0.3 is 18.4 Å². The van der Waals surface area contributed by atoms with Crippen molar-refractivity contribution >= 4 is 36.7 Å². The summed E-state index contributed by atoms with van der Waals surface area (Å²) in [5.74, 6) is -0.652. The number of carbonyl (C=O) groups excluding carboxylic acids is 2. The molecule has 5 nitrogen and oxygen atoms in total. The molecule has 0 aliphatic rings. The highest BCUT2D eigenvalue weighted by Crippen LogP contribution is 2.39. The fourth-order valence-corrected chi connectivity index (χ4v) is 3.65. The van der Waals surface area contributed by atoms with Gasteiger partial charge in [0.25, 0.3) is 0 Å². The zero-order valence-electron chi connectivity index (χ0n) is 13.3. The number of carbonyl (C=O) groups is 2. The van der Waals surface area contributed by atoms with Gasteiger partial charge in [-0.15, -0.1) is 0 Å². The topological polar surface area (TPSA) is 57.5 Å². The standard InChI is InChI=1S/C16H19FNO4P/c1-4-21-23(22-5-2)16-9-15-12(8-14(16)17)13(11(3)20)10-18(15)6-7-19/h7-10H,4-6H2,1-3H3. The molecule has 0 atom stereocenters. The summed E-state index contributed by atoms with van der Waals surface area (Å²) in [6.07, 6.45) is 2.31. The number of hydrogen-bond acceptors (Lipinski definition) is 4. The minimum Gasteiger partial charge on any atom is -0.340 e. The third-order valence-corrected chi connectivity index (χ3v) is 5.01. The SMILES string of the molecule is CCOP(OCC)c1cc2c(cc1F)c(C(C)=O)cn2CC=O. The summed E-state index contributed by atoms with van der Waals surface area (Å²) in [4.78, 5) is 22.6. The summed E-state index contributed by atoms with van der Waals surface area (Å²) >= 11 is 0. The van der Waals surface area contributed by atoms with Gasteiger partial charge in [-0.2, -0.15) is 0 Å². The van der Waals surface area contributed by atoms with Crippen molar-refractivity contribution in [1.29, 1.82) is 0 Å². The van der Waals surface area contributed by atoms with E-state index < -0.39 is 14.2 Å².